The van der Waals surface area contributed by atoms with Gasteiger partial charge in [0.15, 0.2) is 0 Å². The molecular weight excluding hydrogens is 255 g/mol. The molecule has 1 aromatic carbocycles. The van der Waals surface area contributed by atoms with E-state index in [1.54, 1.807) is 12.3 Å². The topological polar surface area (TPSA) is 38.1 Å². The molecule has 0 saturated carbocycles. The molecule has 1 atom stereocenters. The van der Waals surface area contributed by atoms with Crippen molar-refractivity contribution in [2.24, 2.45) is 0 Å². The van der Waals surface area contributed by atoms with Crippen LogP contribution in [-0.2, 0) is 11.8 Å². The van der Waals surface area contributed by atoms with E-state index in [2.05, 4.69) is 17.2 Å². The number of nitrogens with one attached hydrogen (secondary N) is 1. The minimum absolute atomic E-state index is 0.0293. The Morgan fingerprint density at radius 1 is 1.45 bits per heavy atom. The van der Waals surface area contributed by atoms with Gasteiger partial charge in [-0.15, -0.1) is 0 Å². The van der Waals surface area contributed by atoms with Crippen LogP contribution in [0.1, 0.15) is 37.0 Å². The number of halogens is 1. The van der Waals surface area contributed by atoms with Gasteiger partial charge in [-0.3, -0.25) is 0 Å². The fourth-order valence-electron chi connectivity index (χ4n) is 2.76. The van der Waals surface area contributed by atoms with Gasteiger partial charge in [-0.25, -0.2) is 9.37 Å². The molecule has 2 heterocycles. The number of benzene rings is 1. The lowest BCUT2D eigenvalue weighted by atomic mass is 9.83. The van der Waals surface area contributed by atoms with E-state index in [4.69, 9.17) is 4.42 Å². The normalized spacial score (nSPS) is 22.9. The Bertz CT molecular complexity index is 588. The highest BCUT2D eigenvalue weighted by atomic mass is 19.1. The van der Waals surface area contributed by atoms with Gasteiger partial charge < -0.3 is 9.73 Å². The van der Waals surface area contributed by atoms with E-state index in [1.165, 1.54) is 12.1 Å². The number of aromatic nitrogens is 1. The van der Waals surface area contributed by atoms with Crippen molar-refractivity contribution in [1.82, 2.24) is 10.3 Å². The van der Waals surface area contributed by atoms with Gasteiger partial charge in [0.05, 0.1) is 11.6 Å². The molecule has 0 spiro atoms. The first-order valence-corrected chi connectivity index (χ1v) is 7.06. The number of oxazole rings is 1. The molecule has 106 valence electrons. The Kier molecular flexibility index (Phi) is 3.57. The van der Waals surface area contributed by atoms with Crippen molar-refractivity contribution in [3.8, 4) is 0 Å². The number of rotatable bonds is 3. The van der Waals surface area contributed by atoms with Gasteiger partial charge in [-0.1, -0.05) is 12.1 Å². The van der Waals surface area contributed by atoms with E-state index < -0.39 is 0 Å². The van der Waals surface area contributed by atoms with Crippen molar-refractivity contribution in [3.05, 3.63) is 53.5 Å². The maximum atomic E-state index is 13.2. The molecule has 0 unspecified atom stereocenters. The van der Waals surface area contributed by atoms with Crippen LogP contribution in [0.3, 0.4) is 0 Å². The van der Waals surface area contributed by atoms with Crippen molar-refractivity contribution in [2.75, 3.05) is 13.1 Å². The molecule has 4 heteroatoms. The Morgan fingerprint density at radius 2 is 2.35 bits per heavy atom. The highest BCUT2D eigenvalue weighted by Crippen LogP contribution is 2.30. The molecule has 1 N–H and O–H groups in total. The first kappa shape index (κ1) is 13.3. The summed E-state index contributed by atoms with van der Waals surface area (Å²) < 4.78 is 19.1. The lowest BCUT2D eigenvalue weighted by molar-refractivity contribution is 0.268. The SMILES string of the molecule is C[C@]1(c2ncc(Cc3cccc(F)c3)o2)CCCNC1. The van der Waals surface area contributed by atoms with E-state index in [0.29, 0.717) is 6.42 Å². The van der Waals surface area contributed by atoms with Gasteiger partial charge in [0.1, 0.15) is 11.6 Å². The minimum Gasteiger partial charge on any atom is -0.445 e. The van der Waals surface area contributed by atoms with Crippen molar-refractivity contribution in [2.45, 2.75) is 31.6 Å². The Labute approximate surface area is 118 Å². The molecular formula is C16H19FN2O. The summed E-state index contributed by atoms with van der Waals surface area (Å²) in [6.07, 6.45) is 4.56. The van der Waals surface area contributed by atoms with E-state index in [0.717, 1.165) is 43.1 Å². The van der Waals surface area contributed by atoms with Gasteiger partial charge in [0.25, 0.3) is 0 Å². The van der Waals surface area contributed by atoms with Crippen LogP contribution in [0.2, 0.25) is 0 Å². The smallest absolute Gasteiger partial charge is 0.201 e. The molecule has 20 heavy (non-hydrogen) atoms. The van der Waals surface area contributed by atoms with Crippen LogP contribution in [0.25, 0.3) is 0 Å². The summed E-state index contributed by atoms with van der Waals surface area (Å²) in [5.74, 6) is 1.36. The Balaban J connectivity index is 1.76. The lowest BCUT2D eigenvalue weighted by Crippen LogP contribution is -2.41. The Morgan fingerprint density at radius 3 is 3.10 bits per heavy atom. The standard InChI is InChI=1S/C16H19FN2O/c1-16(6-3-7-18-11-16)15-19-10-14(20-15)9-12-4-2-5-13(17)8-12/h2,4-5,8,10,18H,3,6-7,9,11H2,1H3/t16-/m0/s1. The summed E-state index contributed by atoms with van der Waals surface area (Å²) in [6.45, 7) is 4.14. The predicted molar refractivity (Wildman–Crippen MR) is 75.2 cm³/mol. The summed E-state index contributed by atoms with van der Waals surface area (Å²) in [4.78, 5) is 4.43. The summed E-state index contributed by atoms with van der Waals surface area (Å²) in [7, 11) is 0. The molecule has 0 radical (unpaired) electrons. The summed E-state index contributed by atoms with van der Waals surface area (Å²) in [5, 5.41) is 3.39. The third-order valence-electron chi connectivity index (χ3n) is 3.93. The van der Waals surface area contributed by atoms with Gasteiger partial charge in [0.2, 0.25) is 5.89 Å². The van der Waals surface area contributed by atoms with Crippen LogP contribution in [0.4, 0.5) is 4.39 Å². The second kappa shape index (κ2) is 5.37. The van der Waals surface area contributed by atoms with Gasteiger partial charge in [-0.05, 0) is 44.0 Å². The zero-order chi connectivity index (χ0) is 14.0. The van der Waals surface area contributed by atoms with Crippen molar-refractivity contribution < 1.29 is 8.81 Å². The van der Waals surface area contributed by atoms with Crippen molar-refractivity contribution in [3.63, 3.8) is 0 Å². The fraction of sp³-hybridized carbons (Fsp3) is 0.438. The maximum Gasteiger partial charge on any atom is 0.201 e. The van der Waals surface area contributed by atoms with Crippen LogP contribution in [-0.4, -0.2) is 18.1 Å². The molecule has 1 aliphatic rings. The highest BCUT2D eigenvalue weighted by molar-refractivity contribution is 5.21. The monoisotopic (exact) mass is 274 g/mol. The van der Waals surface area contributed by atoms with E-state index >= 15 is 0 Å². The number of piperidine rings is 1. The first-order valence-electron chi connectivity index (χ1n) is 7.06. The van der Waals surface area contributed by atoms with E-state index in [1.807, 2.05) is 6.07 Å². The summed E-state index contributed by atoms with van der Waals surface area (Å²) >= 11 is 0. The molecule has 3 nitrogen and oxygen atoms in total. The molecule has 1 aromatic heterocycles. The van der Waals surface area contributed by atoms with Crippen molar-refractivity contribution in [1.29, 1.82) is 0 Å². The van der Waals surface area contributed by atoms with Crippen LogP contribution < -0.4 is 5.32 Å². The zero-order valence-corrected chi connectivity index (χ0v) is 11.7. The first-order chi connectivity index (χ1) is 9.66. The van der Waals surface area contributed by atoms with Crippen LogP contribution in [0, 0.1) is 5.82 Å². The third-order valence-corrected chi connectivity index (χ3v) is 3.93. The number of hydrogen-bond donors (Lipinski definition) is 1. The van der Waals surface area contributed by atoms with Crippen LogP contribution >= 0.6 is 0 Å². The average molecular weight is 274 g/mol. The van der Waals surface area contributed by atoms with Crippen LogP contribution in [0.15, 0.2) is 34.9 Å². The minimum atomic E-state index is -0.217. The van der Waals surface area contributed by atoms with Gasteiger partial charge in [0, 0.05) is 13.0 Å². The molecule has 0 bridgehead atoms. The second-order valence-corrected chi connectivity index (χ2v) is 5.78. The van der Waals surface area contributed by atoms with Gasteiger partial charge >= 0.3 is 0 Å². The number of hydrogen-bond acceptors (Lipinski definition) is 3. The van der Waals surface area contributed by atoms with Crippen molar-refractivity contribution >= 4 is 0 Å². The molecule has 1 saturated heterocycles. The Hall–Kier alpha value is -1.68. The molecule has 0 amide bonds. The molecule has 3 rings (SSSR count). The van der Waals surface area contributed by atoms with E-state index in [-0.39, 0.29) is 11.2 Å². The fourth-order valence-corrected chi connectivity index (χ4v) is 2.76. The summed E-state index contributed by atoms with van der Waals surface area (Å²) in [5.41, 5.74) is 0.873. The van der Waals surface area contributed by atoms with Gasteiger partial charge in [-0.2, -0.15) is 0 Å². The van der Waals surface area contributed by atoms with E-state index in [9.17, 15) is 4.39 Å². The number of nitrogens with zero attached hydrogens (tertiary/aromatic N) is 1. The summed E-state index contributed by atoms with van der Waals surface area (Å²) in [6, 6.07) is 6.60. The highest BCUT2D eigenvalue weighted by Gasteiger charge is 2.33. The largest absolute Gasteiger partial charge is 0.445 e. The predicted octanol–water partition coefficient (Wildman–Crippen LogP) is 3.05. The molecule has 2 aromatic rings. The third kappa shape index (κ3) is 2.75. The lowest BCUT2D eigenvalue weighted by Gasteiger charge is -2.30. The van der Waals surface area contributed by atoms with Crippen LogP contribution in [0.5, 0.6) is 0 Å². The molecule has 0 aliphatic carbocycles. The molecule has 1 fully saturated rings. The molecule has 1 aliphatic heterocycles. The second-order valence-electron chi connectivity index (χ2n) is 5.78. The maximum absolute atomic E-state index is 13.2. The quantitative estimate of drug-likeness (QED) is 0.935. The average Bonchev–Trinajstić information content (AvgIpc) is 2.89. The zero-order valence-electron chi connectivity index (χ0n) is 11.7.